The van der Waals surface area contributed by atoms with Crippen molar-refractivity contribution in [2.75, 3.05) is 19.5 Å². The lowest BCUT2D eigenvalue weighted by molar-refractivity contribution is -0.136. The van der Waals surface area contributed by atoms with Gasteiger partial charge in [0.15, 0.2) is 11.5 Å². The van der Waals surface area contributed by atoms with Crippen molar-refractivity contribution in [3.63, 3.8) is 0 Å². The van der Waals surface area contributed by atoms with Crippen molar-refractivity contribution >= 4 is 51.2 Å². The first-order valence-electron chi connectivity index (χ1n) is 12.7. The summed E-state index contributed by atoms with van der Waals surface area (Å²) in [6.07, 6.45) is 0. The Labute approximate surface area is 256 Å². The van der Waals surface area contributed by atoms with Gasteiger partial charge in [-0.2, -0.15) is 4.98 Å². The zero-order valence-electron chi connectivity index (χ0n) is 22.9. The Morgan fingerprint density at radius 1 is 1.12 bits per heavy atom. The maximum absolute atomic E-state index is 13.0. The number of aromatic nitrogens is 3. The molecule has 11 heteroatoms. The lowest BCUT2D eigenvalue weighted by atomic mass is 9.95. The SMILES string of the molecule is COC(=O)C1=C(C)Nc2nc(SCc3ccccc3Cl)nn2C1c1cc(Br)c(OCc2cccc(C)c2)c(OC)c1. The lowest BCUT2D eigenvalue weighted by Crippen LogP contribution is -2.29. The van der Waals surface area contributed by atoms with Gasteiger partial charge in [-0.3, -0.25) is 0 Å². The third-order valence-electron chi connectivity index (χ3n) is 6.59. The average Bonchev–Trinajstić information content (AvgIpc) is 3.36. The normalized spacial score (nSPS) is 14.3. The zero-order valence-corrected chi connectivity index (χ0v) is 26.1. The highest BCUT2D eigenvalue weighted by Crippen LogP contribution is 2.43. The number of anilines is 1. The number of allylic oxidation sites excluding steroid dienone is 1. The van der Waals surface area contributed by atoms with E-state index in [4.69, 9.17) is 35.9 Å². The van der Waals surface area contributed by atoms with E-state index in [1.165, 1.54) is 18.9 Å². The van der Waals surface area contributed by atoms with E-state index in [0.29, 0.717) is 55.7 Å². The number of rotatable bonds is 9. The van der Waals surface area contributed by atoms with Gasteiger partial charge in [-0.15, -0.1) is 5.10 Å². The molecular formula is C30H28BrClN4O4S. The van der Waals surface area contributed by atoms with Gasteiger partial charge < -0.3 is 19.5 Å². The molecule has 0 saturated heterocycles. The summed E-state index contributed by atoms with van der Waals surface area (Å²) in [5, 5.41) is 9.22. The first-order valence-corrected chi connectivity index (χ1v) is 14.9. The molecule has 212 valence electrons. The molecule has 1 aliphatic heterocycles. The molecular weight excluding hydrogens is 628 g/mol. The molecule has 8 nitrogen and oxygen atoms in total. The number of esters is 1. The first-order chi connectivity index (χ1) is 19.8. The van der Waals surface area contributed by atoms with Gasteiger partial charge in [-0.1, -0.05) is 71.4 Å². The number of aryl methyl sites for hydroxylation is 1. The quantitative estimate of drug-likeness (QED) is 0.148. The largest absolute Gasteiger partial charge is 0.493 e. The van der Waals surface area contributed by atoms with Gasteiger partial charge in [0.25, 0.3) is 0 Å². The Morgan fingerprint density at radius 3 is 2.66 bits per heavy atom. The van der Waals surface area contributed by atoms with Crippen LogP contribution in [-0.4, -0.2) is 35.0 Å². The molecule has 0 spiro atoms. The highest BCUT2D eigenvalue weighted by Gasteiger charge is 2.36. The molecule has 0 bridgehead atoms. The van der Waals surface area contributed by atoms with E-state index in [0.717, 1.165) is 22.3 Å². The summed E-state index contributed by atoms with van der Waals surface area (Å²) in [6.45, 7) is 4.23. The summed E-state index contributed by atoms with van der Waals surface area (Å²) < 4.78 is 19.5. The van der Waals surface area contributed by atoms with Crippen LogP contribution in [0.2, 0.25) is 5.02 Å². The number of benzene rings is 3. The molecule has 0 aliphatic carbocycles. The summed E-state index contributed by atoms with van der Waals surface area (Å²) >= 11 is 11.5. The molecule has 2 heterocycles. The molecule has 0 amide bonds. The molecule has 1 atom stereocenters. The molecule has 0 radical (unpaired) electrons. The highest BCUT2D eigenvalue weighted by molar-refractivity contribution is 9.10. The summed E-state index contributed by atoms with van der Waals surface area (Å²) in [5.41, 5.74) is 4.96. The Bertz CT molecular complexity index is 1640. The van der Waals surface area contributed by atoms with Crippen molar-refractivity contribution in [2.45, 2.75) is 37.4 Å². The van der Waals surface area contributed by atoms with Crippen molar-refractivity contribution in [1.29, 1.82) is 0 Å². The average molecular weight is 656 g/mol. The lowest BCUT2D eigenvalue weighted by Gasteiger charge is -2.28. The van der Waals surface area contributed by atoms with Crippen molar-refractivity contribution in [3.8, 4) is 11.5 Å². The number of halogens is 2. The van der Waals surface area contributed by atoms with E-state index in [9.17, 15) is 4.79 Å². The fourth-order valence-corrected chi connectivity index (χ4v) is 6.32. The van der Waals surface area contributed by atoms with Crippen molar-refractivity contribution in [1.82, 2.24) is 14.8 Å². The number of carbonyl (C=O) groups is 1. The molecule has 0 saturated carbocycles. The van der Waals surface area contributed by atoms with Gasteiger partial charge in [-0.25, -0.2) is 9.48 Å². The van der Waals surface area contributed by atoms with E-state index in [2.05, 4.69) is 27.3 Å². The molecule has 41 heavy (non-hydrogen) atoms. The second kappa shape index (κ2) is 12.6. The van der Waals surface area contributed by atoms with Crippen LogP contribution in [0.1, 0.15) is 35.2 Å². The summed E-state index contributed by atoms with van der Waals surface area (Å²) in [4.78, 5) is 17.8. The number of methoxy groups -OCH3 is 2. The van der Waals surface area contributed by atoms with E-state index in [1.54, 1.807) is 11.8 Å². The smallest absolute Gasteiger partial charge is 0.338 e. The van der Waals surface area contributed by atoms with Gasteiger partial charge in [0, 0.05) is 16.5 Å². The number of ether oxygens (including phenoxy) is 3. The van der Waals surface area contributed by atoms with Crippen LogP contribution in [-0.2, 0) is 21.9 Å². The zero-order chi connectivity index (χ0) is 29.1. The Morgan fingerprint density at radius 2 is 1.93 bits per heavy atom. The maximum atomic E-state index is 13.0. The standard InChI is InChI=1S/C30H28BrClN4O4S/c1-17-8-7-9-19(12-17)15-40-27-22(31)13-21(14-24(27)38-3)26-25(28(37)39-4)18(2)33-29-34-30(35-36(26)29)41-16-20-10-5-6-11-23(20)32/h5-14,26H,15-16H2,1-4H3,(H,33,34,35). The van der Waals surface area contributed by atoms with Crippen LogP contribution in [0.4, 0.5) is 5.95 Å². The van der Waals surface area contributed by atoms with Gasteiger partial charge in [0.05, 0.1) is 24.3 Å². The minimum absolute atomic E-state index is 0.370. The number of carbonyl (C=O) groups excluding carboxylic acids is 1. The third kappa shape index (κ3) is 6.24. The van der Waals surface area contributed by atoms with Gasteiger partial charge >= 0.3 is 5.97 Å². The van der Waals surface area contributed by atoms with E-state index >= 15 is 0 Å². The molecule has 1 aromatic heterocycles. The van der Waals surface area contributed by atoms with Crippen molar-refractivity contribution in [3.05, 3.63) is 104 Å². The van der Waals surface area contributed by atoms with Crippen LogP contribution in [0, 0.1) is 6.92 Å². The molecule has 3 aromatic carbocycles. The minimum Gasteiger partial charge on any atom is -0.493 e. The van der Waals surface area contributed by atoms with E-state index in [-0.39, 0.29) is 0 Å². The molecule has 0 fully saturated rings. The van der Waals surface area contributed by atoms with Crippen LogP contribution in [0.25, 0.3) is 0 Å². The minimum atomic E-state index is -0.628. The van der Waals surface area contributed by atoms with Crippen molar-refractivity contribution in [2.24, 2.45) is 0 Å². The van der Waals surface area contributed by atoms with Crippen LogP contribution in [0.5, 0.6) is 11.5 Å². The number of thioether (sulfide) groups is 1. The number of nitrogens with zero attached hydrogens (tertiary/aromatic N) is 3. The molecule has 1 aliphatic rings. The van der Waals surface area contributed by atoms with Crippen LogP contribution in [0.3, 0.4) is 0 Å². The topological polar surface area (TPSA) is 87.5 Å². The molecule has 5 rings (SSSR count). The number of fused-ring (bicyclic) bond motifs is 1. The molecule has 1 N–H and O–H groups in total. The van der Waals surface area contributed by atoms with Gasteiger partial charge in [-0.05, 0) is 64.7 Å². The predicted octanol–water partition coefficient (Wildman–Crippen LogP) is 7.34. The summed E-state index contributed by atoms with van der Waals surface area (Å²) in [5.74, 6) is 1.70. The van der Waals surface area contributed by atoms with E-state index in [1.807, 2.05) is 68.4 Å². The second-order valence-corrected chi connectivity index (χ2v) is 11.6. The second-order valence-electron chi connectivity index (χ2n) is 9.41. The number of hydrogen-bond acceptors (Lipinski definition) is 8. The predicted molar refractivity (Wildman–Crippen MR) is 164 cm³/mol. The third-order valence-corrected chi connectivity index (χ3v) is 8.43. The number of hydrogen-bond donors (Lipinski definition) is 1. The molecule has 1 unspecified atom stereocenters. The summed E-state index contributed by atoms with van der Waals surface area (Å²) in [6, 6.07) is 18.9. The Balaban J connectivity index is 1.50. The highest BCUT2D eigenvalue weighted by atomic mass is 79.9. The number of nitrogens with one attached hydrogen (secondary N) is 1. The van der Waals surface area contributed by atoms with Crippen molar-refractivity contribution < 1.29 is 19.0 Å². The van der Waals surface area contributed by atoms with E-state index < -0.39 is 12.0 Å². The maximum Gasteiger partial charge on any atom is 0.338 e. The Kier molecular flexibility index (Phi) is 8.91. The van der Waals surface area contributed by atoms with Gasteiger partial charge in [0.1, 0.15) is 12.6 Å². The first kappa shape index (κ1) is 29.0. The van der Waals surface area contributed by atoms with Crippen LogP contribution >= 0.6 is 39.3 Å². The summed E-state index contributed by atoms with van der Waals surface area (Å²) in [7, 11) is 2.94. The monoisotopic (exact) mass is 654 g/mol. The molecule has 4 aromatic rings. The van der Waals surface area contributed by atoms with Gasteiger partial charge in [0.2, 0.25) is 11.1 Å². The Hall–Kier alpha value is -3.47. The van der Waals surface area contributed by atoms with Crippen LogP contribution in [0.15, 0.2) is 81.6 Å². The van der Waals surface area contributed by atoms with Crippen LogP contribution < -0.4 is 14.8 Å². The fourth-order valence-electron chi connectivity index (χ4n) is 4.63. The fraction of sp³-hybridized carbons (Fsp3) is 0.233.